The van der Waals surface area contributed by atoms with E-state index in [-0.39, 0.29) is 18.0 Å². The fraction of sp³-hybridized carbons (Fsp3) is 0.333. The predicted molar refractivity (Wildman–Crippen MR) is 52.4 cm³/mol. The summed E-state index contributed by atoms with van der Waals surface area (Å²) in [4.78, 5) is 10.2. The lowest BCUT2D eigenvalue weighted by Crippen LogP contribution is -2.11. The van der Waals surface area contributed by atoms with E-state index in [0.717, 1.165) is 5.56 Å². The molecule has 2 N–H and O–H groups in total. The molecule has 1 aromatic carbocycles. The van der Waals surface area contributed by atoms with Crippen LogP contribution in [-0.4, -0.2) is 18.1 Å². The van der Waals surface area contributed by atoms with Crippen LogP contribution in [0, 0.1) is 17.0 Å². The highest BCUT2D eigenvalue weighted by Crippen LogP contribution is 2.27. The monoisotopic (exact) mass is 196 g/mol. The SMILES string of the molecule is Cc1ccc(OCCN)c([N+](=O)[O-])c1. The highest BCUT2D eigenvalue weighted by atomic mass is 16.6. The maximum absolute atomic E-state index is 10.6. The number of nitrogens with two attached hydrogens (primary N) is 1. The Balaban J connectivity index is 2.96. The Hall–Kier alpha value is -1.62. The van der Waals surface area contributed by atoms with Gasteiger partial charge in [0.15, 0.2) is 5.75 Å². The van der Waals surface area contributed by atoms with Gasteiger partial charge in [0.25, 0.3) is 0 Å². The van der Waals surface area contributed by atoms with Gasteiger partial charge in [0.2, 0.25) is 0 Å². The van der Waals surface area contributed by atoms with Crippen LogP contribution >= 0.6 is 0 Å². The molecule has 14 heavy (non-hydrogen) atoms. The molecular formula is C9H12N2O3. The van der Waals surface area contributed by atoms with E-state index in [9.17, 15) is 10.1 Å². The summed E-state index contributed by atoms with van der Waals surface area (Å²) in [7, 11) is 0. The van der Waals surface area contributed by atoms with Gasteiger partial charge in [-0.3, -0.25) is 10.1 Å². The third-order valence-corrected chi connectivity index (χ3v) is 1.69. The smallest absolute Gasteiger partial charge is 0.311 e. The molecule has 5 nitrogen and oxygen atoms in total. The Kier molecular flexibility index (Phi) is 3.41. The van der Waals surface area contributed by atoms with Crippen molar-refractivity contribution in [1.82, 2.24) is 0 Å². The molecule has 0 amide bonds. The zero-order valence-electron chi connectivity index (χ0n) is 7.90. The Labute approximate surface area is 81.6 Å². The van der Waals surface area contributed by atoms with Crippen LogP contribution in [0.2, 0.25) is 0 Å². The van der Waals surface area contributed by atoms with Crippen LogP contribution in [-0.2, 0) is 0 Å². The summed E-state index contributed by atoms with van der Waals surface area (Å²) in [5.74, 6) is 0.269. The molecule has 0 saturated carbocycles. The number of benzene rings is 1. The summed E-state index contributed by atoms with van der Waals surface area (Å²) in [5.41, 5.74) is 6.05. The topological polar surface area (TPSA) is 78.4 Å². The lowest BCUT2D eigenvalue weighted by Gasteiger charge is -2.05. The van der Waals surface area contributed by atoms with Crippen LogP contribution in [0.4, 0.5) is 5.69 Å². The molecule has 0 aromatic heterocycles. The van der Waals surface area contributed by atoms with E-state index < -0.39 is 4.92 Å². The minimum atomic E-state index is -0.459. The third kappa shape index (κ3) is 2.43. The number of aryl methyl sites for hydroxylation is 1. The molecule has 0 heterocycles. The van der Waals surface area contributed by atoms with Crippen LogP contribution in [0.5, 0.6) is 5.75 Å². The molecular weight excluding hydrogens is 184 g/mol. The van der Waals surface area contributed by atoms with Crippen LogP contribution in [0.1, 0.15) is 5.56 Å². The minimum Gasteiger partial charge on any atom is -0.485 e. The molecule has 1 rings (SSSR count). The van der Waals surface area contributed by atoms with E-state index in [1.807, 2.05) is 0 Å². The third-order valence-electron chi connectivity index (χ3n) is 1.69. The first-order chi connectivity index (χ1) is 6.65. The number of nitro benzene ring substituents is 1. The molecule has 0 saturated heterocycles. The van der Waals surface area contributed by atoms with E-state index in [1.165, 1.54) is 6.07 Å². The number of nitrogens with zero attached hydrogens (tertiary/aromatic N) is 1. The molecule has 0 bridgehead atoms. The summed E-state index contributed by atoms with van der Waals surface area (Å²) in [6.45, 7) is 2.41. The Morgan fingerprint density at radius 3 is 2.86 bits per heavy atom. The average Bonchev–Trinajstić information content (AvgIpc) is 2.15. The molecule has 0 aliphatic carbocycles. The van der Waals surface area contributed by atoms with Gasteiger partial charge in [-0.2, -0.15) is 0 Å². The van der Waals surface area contributed by atoms with Crippen molar-refractivity contribution in [3.63, 3.8) is 0 Å². The van der Waals surface area contributed by atoms with Crippen molar-refractivity contribution in [1.29, 1.82) is 0 Å². The van der Waals surface area contributed by atoms with E-state index in [2.05, 4.69) is 0 Å². The number of hydrogen-bond donors (Lipinski definition) is 1. The standard InChI is InChI=1S/C9H12N2O3/c1-7-2-3-9(14-5-4-10)8(6-7)11(12)13/h2-3,6H,4-5,10H2,1H3. The van der Waals surface area contributed by atoms with Crippen molar-refractivity contribution < 1.29 is 9.66 Å². The van der Waals surface area contributed by atoms with Gasteiger partial charge in [-0.05, 0) is 18.6 Å². The zero-order valence-corrected chi connectivity index (χ0v) is 7.90. The first-order valence-corrected chi connectivity index (χ1v) is 4.23. The van der Waals surface area contributed by atoms with Gasteiger partial charge in [0.05, 0.1) is 4.92 Å². The fourth-order valence-corrected chi connectivity index (χ4v) is 1.06. The Morgan fingerprint density at radius 2 is 2.29 bits per heavy atom. The van der Waals surface area contributed by atoms with Crippen molar-refractivity contribution in [2.45, 2.75) is 6.92 Å². The summed E-state index contributed by atoms with van der Waals surface area (Å²) < 4.78 is 5.14. The van der Waals surface area contributed by atoms with Crippen molar-refractivity contribution in [3.8, 4) is 5.75 Å². The van der Waals surface area contributed by atoms with Gasteiger partial charge in [-0.15, -0.1) is 0 Å². The van der Waals surface area contributed by atoms with Crippen molar-refractivity contribution >= 4 is 5.69 Å². The van der Waals surface area contributed by atoms with Gasteiger partial charge in [-0.1, -0.05) is 6.07 Å². The average molecular weight is 196 g/mol. The van der Waals surface area contributed by atoms with Crippen LogP contribution in [0.25, 0.3) is 0 Å². The van der Waals surface area contributed by atoms with Crippen LogP contribution in [0.3, 0.4) is 0 Å². The van der Waals surface area contributed by atoms with Gasteiger partial charge < -0.3 is 10.5 Å². The normalized spacial score (nSPS) is 9.86. The number of nitro groups is 1. The molecule has 0 unspecified atom stereocenters. The van der Waals surface area contributed by atoms with Gasteiger partial charge in [0.1, 0.15) is 6.61 Å². The van der Waals surface area contributed by atoms with E-state index in [0.29, 0.717) is 6.54 Å². The summed E-state index contributed by atoms with van der Waals surface area (Å²) in [6, 6.07) is 4.83. The first-order valence-electron chi connectivity index (χ1n) is 4.23. The molecule has 0 radical (unpaired) electrons. The lowest BCUT2D eigenvalue weighted by molar-refractivity contribution is -0.385. The second kappa shape index (κ2) is 4.57. The predicted octanol–water partition coefficient (Wildman–Crippen LogP) is 1.24. The molecule has 0 spiro atoms. The second-order valence-electron chi connectivity index (χ2n) is 2.87. The maximum Gasteiger partial charge on any atom is 0.311 e. The number of ether oxygens (including phenoxy) is 1. The highest BCUT2D eigenvalue weighted by molar-refractivity contribution is 5.48. The van der Waals surface area contributed by atoms with E-state index >= 15 is 0 Å². The Bertz CT molecular complexity index is 339. The van der Waals surface area contributed by atoms with Gasteiger partial charge in [0, 0.05) is 12.6 Å². The lowest BCUT2D eigenvalue weighted by atomic mass is 10.2. The molecule has 5 heteroatoms. The summed E-state index contributed by atoms with van der Waals surface area (Å²) in [6.07, 6.45) is 0. The fourth-order valence-electron chi connectivity index (χ4n) is 1.06. The minimum absolute atomic E-state index is 0.0153. The van der Waals surface area contributed by atoms with Crippen LogP contribution in [0.15, 0.2) is 18.2 Å². The van der Waals surface area contributed by atoms with E-state index in [1.54, 1.807) is 19.1 Å². The number of rotatable bonds is 4. The first kappa shape index (κ1) is 10.5. The molecule has 0 fully saturated rings. The molecule has 0 aliphatic rings. The molecule has 0 atom stereocenters. The van der Waals surface area contributed by atoms with Crippen molar-refractivity contribution in [2.24, 2.45) is 5.73 Å². The van der Waals surface area contributed by atoms with Gasteiger partial charge >= 0.3 is 5.69 Å². The quantitative estimate of drug-likeness (QED) is 0.580. The Morgan fingerprint density at radius 1 is 1.57 bits per heavy atom. The molecule has 0 aliphatic heterocycles. The maximum atomic E-state index is 10.6. The summed E-state index contributed by atoms with van der Waals surface area (Å²) in [5, 5.41) is 10.6. The zero-order chi connectivity index (χ0) is 10.6. The molecule has 1 aromatic rings. The van der Waals surface area contributed by atoms with Crippen molar-refractivity contribution in [3.05, 3.63) is 33.9 Å². The summed E-state index contributed by atoms with van der Waals surface area (Å²) >= 11 is 0. The van der Waals surface area contributed by atoms with Gasteiger partial charge in [-0.25, -0.2) is 0 Å². The highest BCUT2D eigenvalue weighted by Gasteiger charge is 2.14. The van der Waals surface area contributed by atoms with Crippen LogP contribution < -0.4 is 10.5 Å². The second-order valence-corrected chi connectivity index (χ2v) is 2.87. The molecule has 76 valence electrons. The van der Waals surface area contributed by atoms with E-state index in [4.69, 9.17) is 10.5 Å². The largest absolute Gasteiger partial charge is 0.485 e. The van der Waals surface area contributed by atoms with Crippen molar-refractivity contribution in [2.75, 3.05) is 13.2 Å². The number of hydrogen-bond acceptors (Lipinski definition) is 4.